The molecule has 4 aliphatic rings. The number of urea groups is 1. The molecule has 6 heteroatoms. The van der Waals surface area contributed by atoms with Crippen molar-refractivity contribution in [1.82, 2.24) is 14.8 Å². The molecule has 0 spiro atoms. The largest absolute Gasteiger partial charge is 0.322 e. The van der Waals surface area contributed by atoms with Gasteiger partial charge in [0.05, 0.1) is 6.04 Å². The molecular formula is C21H23FN4O. The van der Waals surface area contributed by atoms with Gasteiger partial charge in [-0.2, -0.15) is 0 Å². The van der Waals surface area contributed by atoms with Crippen LogP contribution in [0.15, 0.2) is 48.8 Å². The lowest BCUT2D eigenvalue weighted by atomic mass is 9.75. The number of amides is 2. The maximum absolute atomic E-state index is 13.2. The van der Waals surface area contributed by atoms with Gasteiger partial charge in [-0.1, -0.05) is 6.07 Å². The molecular weight excluding hydrogens is 343 g/mol. The van der Waals surface area contributed by atoms with Crippen molar-refractivity contribution >= 4 is 11.7 Å². The van der Waals surface area contributed by atoms with E-state index in [9.17, 15) is 9.18 Å². The van der Waals surface area contributed by atoms with Gasteiger partial charge in [-0.3, -0.25) is 9.88 Å². The maximum atomic E-state index is 13.2. The molecule has 1 aromatic carbocycles. The van der Waals surface area contributed by atoms with E-state index in [0.29, 0.717) is 24.2 Å². The van der Waals surface area contributed by atoms with Gasteiger partial charge in [-0.15, -0.1) is 0 Å². The highest BCUT2D eigenvalue weighted by Gasteiger charge is 2.54. The summed E-state index contributed by atoms with van der Waals surface area (Å²) in [6.45, 7) is 2.94. The fourth-order valence-corrected chi connectivity index (χ4v) is 5.27. The number of halogens is 1. The van der Waals surface area contributed by atoms with E-state index in [2.05, 4.69) is 21.3 Å². The van der Waals surface area contributed by atoms with Crippen molar-refractivity contribution < 1.29 is 9.18 Å². The zero-order valence-electron chi connectivity index (χ0n) is 15.1. The number of hydrogen-bond acceptors (Lipinski definition) is 3. The number of nitrogens with zero attached hydrogens (tertiary/aromatic N) is 3. The predicted molar refractivity (Wildman–Crippen MR) is 101 cm³/mol. The Hall–Kier alpha value is -2.47. The van der Waals surface area contributed by atoms with Crippen LogP contribution in [0.3, 0.4) is 0 Å². The van der Waals surface area contributed by atoms with Crippen molar-refractivity contribution in [3.63, 3.8) is 0 Å². The van der Waals surface area contributed by atoms with Crippen LogP contribution in [0.4, 0.5) is 14.9 Å². The molecule has 0 saturated carbocycles. The van der Waals surface area contributed by atoms with Gasteiger partial charge in [0.25, 0.3) is 0 Å². The minimum absolute atomic E-state index is 0.0863. The minimum atomic E-state index is -0.303. The van der Waals surface area contributed by atoms with Crippen LogP contribution >= 0.6 is 0 Å². The molecule has 140 valence electrons. The molecule has 2 aromatic rings. The number of rotatable bonds is 2. The standard InChI is InChI=1S/C21H23FN4O/c22-16-3-5-17(6-4-16)24-21(27)26-13-18(15-2-1-9-23-12-15)20-19(26)14-7-10-25(20)11-8-14/h1-6,9,12,14,18-20H,7-8,10-11,13H2,(H,24,27). The Morgan fingerprint density at radius 1 is 1.11 bits per heavy atom. The predicted octanol–water partition coefficient (Wildman–Crippen LogP) is 3.31. The van der Waals surface area contributed by atoms with Crippen molar-refractivity contribution in [2.24, 2.45) is 5.92 Å². The fraction of sp³-hybridized carbons (Fsp3) is 0.429. The molecule has 5 heterocycles. The highest BCUT2D eigenvalue weighted by atomic mass is 19.1. The van der Waals surface area contributed by atoms with Gasteiger partial charge in [-0.05, 0) is 67.7 Å². The van der Waals surface area contributed by atoms with Crippen molar-refractivity contribution in [3.8, 4) is 0 Å². The number of aromatic nitrogens is 1. The molecule has 27 heavy (non-hydrogen) atoms. The molecule has 0 radical (unpaired) electrons. The second-order valence-corrected chi connectivity index (χ2v) is 7.84. The maximum Gasteiger partial charge on any atom is 0.322 e. The number of fused-ring (bicyclic) bond motifs is 2. The quantitative estimate of drug-likeness (QED) is 0.887. The van der Waals surface area contributed by atoms with Crippen LogP contribution in [0, 0.1) is 11.7 Å². The average molecular weight is 366 g/mol. The van der Waals surface area contributed by atoms with Gasteiger partial charge in [0, 0.05) is 36.6 Å². The first kappa shape index (κ1) is 16.7. The molecule has 2 bridgehead atoms. The third-order valence-corrected chi connectivity index (χ3v) is 6.46. The van der Waals surface area contributed by atoms with E-state index in [1.54, 1.807) is 18.3 Å². The summed E-state index contributed by atoms with van der Waals surface area (Å²) in [5, 5.41) is 2.96. The number of likely N-dealkylation sites (tertiary alicyclic amines) is 1. The molecule has 0 aliphatic carbocycles. The molecule has 5 nitrogen and oxygen atoms in total. The molecule has 3 unspecified atom stereocenters. The van der Waals surface area contributed by atoms with Crippen molar-refractivity contribution in [1.29, 1.82) is 0 Å². The van der Waals surface area contributed by atoms with Crippen LogP contribution in [0.25, 0.3) is 0 Å². The Morgan fingerprint density at radius 3 is 2.59 bits per heavy atom. The second kappa shape index (κ2) is 6.60. The Bertz CT molecular complexity index is 820. The molecule has 4 fully saturated rings. The summed E-state index contributed by atoms with van der Waals surface area (Å²) in [5.74, 6) is 0.537. The van der Waals surface area contributed by atoms with Crippen molar-refractivity contribution in [2.75, 3.05) is 25.0 Å². The van der Waals surface area contributed by atoms with E-state index in [1.807, 2.05) is 17.2 Å². The van der Waals surface area contributed by atoms with E-state index < -0.39 is 0 Å². The number of carbonyl (C=O) groups is 1. The van der Waals surface area contributed by atoms with E-state index >= 15 is 0 Å². The minimum Gasteiger partial charge on any atom is -0.319 e. The lowest BCUT2D eigenvalue weighted by Gasteiger charge is -2.51. The number of piperidine rings is 3. The zero-order chi connectivity index (χ0) is 18.4. The first-order chi connectivity index (χ1) is 13.2. The molecule has 4 aliphatic heterocycles. The summed E-state index contributed by atoms with van der Waals surface area (Å²) < 4.78 is 13.2. The topological polar surface area (TPSA) is 48.5 Å². The highest BCUT2D eigenvalue weighted by Crippen LogP contribution is 2.46. The van der Waals surface area contributed by atoms with Gasteiger partial charge in [0.1, 0.15) is 5.82 Å². The first-order valence-corrected chi connectivity index (χ1v) is 9.68. The van der Waals surface area contributed by atoms with E-state index in [-0.39, 0.29) is 23.8 Å². The van der Waals surface area contributed by atoms with Gasteiger partial charge in [-0.25, -0.2) is 9.18 Å². The summed E-state index contributed by atoms with van der Waals surface area (Å²) >= 11 is 0. The summed E-state index contributed by atoms with van der Waals surface area (Å²) in [7, 11) is 0. The lowest BCUT2D eigenvalue weighted by molar-refractivity contribution is 0.00493. The van der Waals surface area contributed by atoms with Crippen LogP contribution in [0.2, 0.25) is 0 Å². The van der Waals surface area contributed by atoms with Crippen LogP contribution in [0.5, 0.6) is 0 Å². The molecule has 1 N–H and O–H groups in total. The lowest BCUT2D eigenvalue weighted by Crippen LogP contribution is -2.61. The number of pyridine rings is 1. The SMILES string of the molecule is O=C(Nc1ccc(F)cc1)N1CC(c2cccnc2)C2C1C1CCN2CC1. The molecule has 4 saturated heterocycles. The van der Waals surface area contributed by atoms with Gasteiger partial charge in [0.2, 0.25) is 0 Å². The van der Waals surface area contributed by atoms with Crippen molar-refractivity contribution in [2.45, 2.75) is 30.8 Å². The average Bonchev–Trinajstić information content (AvgIpc) is 3.14. The number of anilines is 1. The summed E-state index contributed by atoms with van der Waals surface area (Å²) in [6, 6.07) is 10.6. The van der Waals surface area contributed by atoms with E-state index in [0.717, 1.165) is 25.9 Å². The highest BCUT2D eigenvalue weighted by molar-refractivity contribution is 5.90. The normalized spacial score (nSPS) is 31.6. The molecule has 2 amide bonds. The zero-order valence-corrected chi connectivity index (χ0v) is 15.1. The van der Waals surface area contributed by atoms with Crippen LogP contribution in [-0.4, -0.2) is 52.5 Å². The van der Waals surface area contributed by atoms with Crippen molar-refractivity contribution in [3.05, 3.63) is 60.2 Å². The third kappa shape index (κ3) is 2.88. The third-order valence-electron chi connectivity index (χ3n) is 6.46. The Kier molecular flexibility index (Phi) is 4.08. The molecule has 1 aromatic heterocycles. The summed E-state index contributed by atoms with van der Waals surface area (Å²) in [4.78, 5) is 22.0. The van der Waals surface area contributed by atoms with E-state index in [1.165, 1.54) is 17.7 Å². The Morgan fingerprint density at radius 2 is 1.89 bits per heavy atom. The summed E-state index contributed by atoms with van der Waals surface area (Å²) in [5.41, 5.74) is 1.83. The Balaban J connectivity index is 1.43. The molecule has 6 rings (SSSR count). The number of nitrogens with one attached hydrogen (secondary N) is 1. The second-order valence-electron chi connectivity index (χ2n) is 7.84. The van der Waals surface area contributed by atoms with Gasteiger partial charge in [0.15, 0.2) is 0 Å². The number of hydrogen-bond donors (Lipinski definition) is 1. The monoisotopic (exact) mass is 366 g/mol. The van der Waals surface area contributed by atoms with Gasteiger partial charge >= 0.3 is 6.03 Å². The summed E-state index contributed by atoms with van der Waals surface area (Å²) in [6.07, 6.45) is 6.04. The van der Waals surface area contributed by atoms with Crippen LogP contribution in [0.1, 0.15) is 24.3 Å². The van der Waals surface area contributed by atoms with Gasteiger partial charge < -0.3 is 10.2 Å². The number of carbonyl (C=O) groups excluding carboxylic acids is 1. The first-order valence-electron chi connectivity index (χ1n) is 9.68. The smallest absolute Gasteiger partial charge is 0.319 e. The number of benzene rings is 1. The molecule has 3 atom stereocenters. The van der Waals surface area contributed by atoms with Crippen LogP contribution < -0.4 is 5.32 Å². The van der Waals surface area contributed by atoms with E-state index in [4.69, 9.17) is 0 Å². The fourth-order valence-electron chi connectivity index (χ4n) is 5.27. The Labute approximate surface area is 158 Å². The van der Waals surface area contributed by atoms with Crippen LogP contribution in [-0.2, 0) is 0 Å².